The predicted octanol–water partition coefficient (Wildman–Crippen LogP) is 2.07. The lowest BCUT2D eigenvalue weighted by Gasteiger charge is -2.23. The summed E-state index contributed by atoms with van der Waals surface area (Å²) < 4.78 is 0. The first-order valence-electron chi connectivity index (χ1n) is 10.8. The fraction of sp³-hybridized carbons (Fsp3) is 0.200. The minimum atomic E-state index is -1.66. The van der Waals surface area contributed by atoms with E-state index in [1.54, 1.807) is 13.1 Å². The van der Waals surface area contributed by atoms with Crippen LogP contribution in [-0.2, 0) is 4.79 Å². The number of alkyl halides is 1. The summed E-state index contributed by atoms with van der Waals surface area (Å²) >= 11 is 6.13. The number of carbonyl (C=O) groups is 2. The molecule has 0 aliphatic heterocycles. The number of aliphatic hydroxyl groups excluding tert-OH is 1. The first-order valence-corrected chi connectivity index (χ1v) is 11.2. The van der Waals surface area contributed by atoms with E-state index in [0.29, 0.717) is 27.8 Å². The maximum absolute atomic E-state index is 13.0. The number of aromatic nitrogens is 1. The van der Waals surface area contributed by atoms with Gasteiger partial charge in [0.25, 0.3) is 5.91 Å². The van der Waals surface area contributed by atoms with Crippen molar-refractivity contribution in [2.75, 3.05) is 6.54 Å². The van der Waals surface area contributed by atoms with Crippen LogP contribution in [0, 0.1) is 0 Å². The van der Waals surface area contributed by atoms with Gasteiger partial charge in [-0.15, -0.1) is 11.6 Å². The molecule has 10 nitrogen and oxygen atoms in total. The summed E-state index contributed by atoms with van der Waals surface area (Å²) in [4.78, 5) is 32.9. The second-order valence-corrected chi connectivity index (χ2v) is 8.65. The number of aliphatic imine (C=N–C) groups is 1. The van der Waals surface area contributed by atoms with Gasteiger partial charge < -0.3 is 32.1 Å². The van der Waals surface area contributed by atoms with Crippen LogP contribution < -0.4 is 16.8 Å². The van der Waals surface area contributed by atoms with E-state index in [1.807, 2.05) is 24.3 Å². The molecule has 1 heterocycles. The zero-order chi connectivity index (χ0) is 26.6. The van der Waals surface area contributed by atoms with Gasteiger partial charge in [0.2, 0.25) is 0 Å². The summed E-state index contributed by atoms with van der Waals surface area (Å²) in [5.74, 6) is -2.64. The molecule has 0 radical (unpaired) electrons. The number of nitrogens with zero attached hydrogens (tertiary/aromatic N) is 2. The number of pyridine rings is 1. The number of rotatable bonds is 9. The molecule has 0 unspecified atom stereocenters. The fourth-order valence-electron chi connectivity index (χ4n) is 3.66. The summed E-state index contributed by atoms with van der Waals surface area (Å²) in [6.45, 7) is 5.45. The number of phenolic OH excluding ortho intramolecular Hbond substituents is 1. The molecule has 3 aromatic rings. The number of carboxylic acid groups (broad SMARTS) is 1. The molecule has 0 bridgehead atoms. The zero-order valence-electron chi connectivity index (χ0n) is 19.4. The van der Waals surface area contributed by atoms with Crippen LogP contribution in [0.3, 0.4) is 0 Å². The van der Waals surface area contributed by atoms with Gasteiger partial charge >= 0.3 is 5.97 Å². The highest BCUT2D eigenvalue weighted by Gasteiger charge is 2.34. The normalized spacial score (nSPS) is 13.4. The molecule has 3 atom stereocenters. The van der Waals surface area contributed by atoms with Crippen LogP contribution in [0.5, 0.6) is 5.75 Å². The van der Waals surface area contributed by atoms with Crippen LogP contribution in [0.1, 0.15) is 22.8 Å². The Morgan fingerprint density at radius 1 is 1.22 bits per heavy atom. The summed E-state index contributed by atoms with van der Waals surface area (Å²) in [7, 11) is 0. The SMILES string of the molecule is C=C(C)c1cnc2ccccc2c1-c1cc(C(=O)N[C@H](C(=O)O)[C@@H](Cl)[C@H](O)CN=C(N)N)ccc1O. The Morgan fingerprint density at radius 3 is 2.56 bits per heavy atom. The van der Waals surface area contributed by atoms with Gasteiger partial charge in [0.15, 0.2) is 5.96 Å². The molecule has 2 aromatic carbocycles. The van der Waals surface area contributed by atoms with Crippen molar-refractivity contribution in [3.05, 3.63) is 66.4 Å². The number of guanidine groups is 1. The van der Waals surface area contributed by atoms with E-state index in [1.165, 1.54) is 18.2 Å². The quantitative estimate of drug-likeness (QED) is 0.143. The Morgan fingerprint density at radius 2 is 1.92 bits per heavy atom. The molecular weight excluding hydrogens is 486 g/mol. The summed E-state index contributed by atoms with van der Waals surface area (Å²) in [6, 6.07) is 9.78. The van der Waals surface area contributed by atoms with Crippen LogP contribution in [0.4, 0.5) is 0 Å². The van der Waals surface area contributed by atoms with Crippen LogP contribution in [0.25, 0.3) is 27.6 Å². The third-order valence-electron chi connectivity index (χ3n) is 5.46. The van der Waals surface area contributed by atoms with Crippen molar-refractivity contribution >= 4 is 45.9 Å². The van der Waals surface area contributed by atoms with E-state index >= 15 is 0 Å². The predicted molar refractivity (Wildman–Crippen MR) is 139 cm³/mol. The number of allylic oxidation sites excluding steroid dienone is 1. The number of hydrogen-bond acceptors (Lipinski definition) is 6. The first-order chi connectivity index (χ1) is 17.0. The Hall–Kier alpha value is -4.15. The standard InChI is InChI=1S/C25H26ClN5O5/c1-12(2)16-10-29-17-6-4-3-5-14(17)20(16)15-9-13(7-8-18(15)32)23(34)31-22(24(35)36)21(26)19(33)11-30-25(27)28/h3-10,19,21-22,32-33H,1,11H2,2H3,(H,31,34)(H,35,36)(H4,27,28,30)/t19-,21+,22+/m1/s1. The highest BCUT2D eigenvalue weighted by Crippen LogP contribution is 2.39. The van der Waals surface area contributed by atoms with Crippen molar-refractivity contribution in [3.63, 3.8) is 0 Å². The Balaban J connectivity index is 2.01. The lowest BCUT2D eigenvalue weighted by molar-refractivity contribution is -0.139. The third kappa shape index (κ3) is 5.73. The number of carboxylic acids is 1. The number of amides is 1. The molecule has 1 amide bonds. The molecule has 11 heteroatoms. The number of para-hydroxylation sites is 1. The van der Waals surface area contributed by atoms with E-state index < -0.39 is 29.4 Å². The number of aromatic hydroxyl groups is 1. The van der Waals surface area contributed by atoms with Crippen molar-refractivity contribution in [1.29, 1.82) is 0 Å². The lowest BCUT2D eigenvalue weighted by Crippen LogP contribution is -2.51. The van der Waals surface area contributed by atoms with Crippen molar-refractivity contribution in [1.82, 2.24) is 10.3 Å². The number of carbonyl (C=O) groups excluding carboxylic acids is 1. The number of hydrogen-bond donors (Lipinski definition) is 6. The van der Waals surface area contributed by atoms with Crippen molar-refractivity contribution < 1.29 is 24.9 Å². The number of nitrogens with two attached hydrogens (primary N) is 2. The molecule has 0 spiro atoms. The van der Waals surface area contributed by atoms with Crippen molar-refractivity contribution in [3.8, 4) is 16.9 Å². The van der Waals surface area contributed by atoms with Gasteiger partial charge in [-0.1, -0.05) is 24.8 Å². The number of aliphatic carboxylic acids is 1. The van der Waals surface area contributed by atoms with Gasteiger partial charge in [-0.05, 0) is 36.8 Å². The monoisotopic (exact) mass is 511 g/mol. The van der Waals surface area contributed by atoms with E-state index in [4.69, 9.17) is 23.1 Å². The molecule has 0 saturated carbocycles. The Bertz CT molecular complexity index is 1360. The molecule has 0 saturated heterocycles. The fourth-order valence-corrected chi connectivity index (χ4v) is 3.91. The Labute approximate surface area is 211 Å². The number of halogens is 1. The van der Waals surface area contributed by atoms with E-state index in [0.717, 1.165) is 5.39 Å². The lowest BCUT2D eigenvalue weighted by atomic mass is 9.92. The van der Waals surface area contributed by atoms with Gasteiger partial charge in [0.05, 0.1) is 23.5 Å². The average Bonchev–Trinajstić information content (AvgIpc) is 2.84. The van der Waals surface area contributed by atoms with Crippen LogP contribution in [0.15, 0.2) is 60.2 Å². The van der Waals surface area contributed by atoms with Crippen molar-refractivity contribution in [2.45, 2.75) is 24.4 Å². The molecule has 0 fully saturated rings. The smallest absolute Gasteiger partial charge is 0.327 e. The number of phenols is 1. The largest absolute Gasteiger partial charge is 0.507 e. The highest BCUT2D eigenvalue weighted by molar-refractivity contribution is 6.23. The Kier molecular flexibility index (Phi) is 8.13. The summed E-state index contributed by atoms with van der Waals surface area (Å²) in [5, 5.41) is 32.1. The molecular formula is C25H26ClN5O5. The molecule has 36 heavy (non-hydrogen) atoms. The molecule has 3 rings (SSSR count). The third-order valence-corrected chi connectivity index (χ3v) is 6.01. The van der Waals surface area contributed by atoms with Gasteiger partial charge in [0, 0.05) is 33.8 Å². The average molecular weight is 512 g/mol. The van der Waals surface area contributed by atoms with E-state index in [-0.39, 0.29) is 23.8 Å². The van der Waals surface area contributed by atoms with Crippen LogP contribution >= 0.6 is 11.6 Å². The molecule has 0 aliphatic rings. The zero-order valence-corrected chi connectivity index (χ0v) is 20.1. The van der Waals surface area contributed by atoms with Gasteiger partial charge in [0.1, 0.15) is 11.8 Å². The number of fused-ring (bicyclic) bond motifs is 1. The molecule has 188 valence electrons. The maximum Gasteiger partial charge on any atom is 0.327 e. The molecule has 0 aliphatic carbocycles. The number of aliphatic hydroxyl groups is 1. The summed E-state index contributed by atoms with van der Waals surface area (Å²) in [6.07, 6.45) is 0.190. The topological polar surface area (TPSA) is 184 Å². The first kappa shape index (κ1) is 26.5. The maximum atomic E-state index is 13.0. The van der Waals surface area contributed by atoms with Gasteiger partial charge in [-0.2, -0.15) is 0 Å². The number of benzene rings is 2. The minimum Gasteiger partial charge on any atom is -0.507 e. The minimum absolute atomic E-state index is 0.0604. The van der Waals surface area contributed by atoms with Crippen LogP contribution in [-0.4, -0.2) is 62.2 Å². The van der Waals surface area contributed by atoms with Gasteiger partial charge in [-0.3, -0.25) is 14.8 Å². The van der Waals surface area contributed by atoms with Crippen molar-refractivity contribution in [2.24, 2.45) is 16.5 Å². The van der Waals surface area contributed by atoms with Gasteiger partial charge in [-0.25, -0.2) is 4.79 Å². The van der Waals surface area contributed by atoms with E-state index in [9.17, 15) is 24.9 Å². The molecule has 1 aromatic heterocycles. The van der Waals surface area contributed by atoms with E-state index in [2.05, 4.69) is 21.9 Å². The van der Waals surface area contributed by atoms with Crippen LogP contribution in [0.2, 0.25) is 0 Å². The highest BCUT2D eigenvalue weighted by atomic mass is 35.5. The second-order valence-electron chi connectivity index (χ2n) is 8.14. The molecule has 8 N–H and O–H groups in total. The second kappa shape index (κ2) is 11.1. The number of nitrogens with one attached hydrogen (secondary N) is 1. The summed E-state index contributed by atoms with van der Waals surface area (Å²) in [5.41, 5.74) is 13.5.